The molecule has 0 amide bonds. The van der Waals surface area contributed by atoms with Crippen LogP contribution in [0.5, 0.6) is 6.01 Å². The second kappa shape index (κ2) is 7.39. The van der Waals surface area contributed by atoms with Crippen molar-refractivity contribution in [3.05, 3.63) is 35.4 Å². The molecule has 0 unspecified atom stereocenters. The van der Waals surface area contributed by atoms with Crippen LogP contribution in [0.1, 0.15) is 25.0 Å². The first-order valence-electron chi connectivity index (χ1n) is 6.93. The van der Waals surface area contributed by atoms with Gasteiger partial charge in [0, 0.05) is 6.54 Å². The van der Waals surface area contributed by atoms with E-state index in [1.807, 2.05) is 19.1 Å². The van der Waals surface area contributed by atoms with Crippen LogP contribution in [0.4, 0.5) is 11.9 Å². The molecular formula is C14H20N6O. The molecule has 0 spiro atoms. The molecule has 1 aromatic heterocycles. The fraction of sp³-hybridized carbons (Fsp3) is 0.357. The number of aryl methyl sites for hydroxylation is 1. The molecule has 4 N–H and O–H groups in total. The number of anilines is 2. The van der Waals surface area contributed by atoms with E-state index >= 15 is 0 Å². The number of aromatic nitrogens is 3. The van der Waals surface area contributed by atoms with E-state index in [4.69, 9.17) is 10.6 Å². The van der Waals surface area contributed by atoms with Crippen LogP contribution in [0.15, 0.2) is 24.3 Å². The number of ether oxygens (including phenoxy) is 1. The summed E-state index contributed by atoms with van der Waals surface area (Å²) in [5.41, 5.74) is 4.91. The monoisotopic (exact) mass is 288 g/mol. The zero-order valence-electron chi connectivity index (χ0n) is 12.3. The number of hydrogen-bond donors (Lipinski definition) is 3. The van der Waals surface area contributed by atoms with Gasteiger partial charge in [0.25, 0.3) is 0 Å². The largest absolute Gasteiger partial charge is 0.464 e. The van der Waals surface area contributed by atoms with E-state index in [0.717, 1.165) is 6.42 Å². The van der Waals surface area contributed by atoms with Crippen molar-refractivity contribution in [2.75, 3.05) is 17.3 Å². The molecule has 0 fully saturated rings. The van der Waals surface area contributed by atoms with E-state index in [0.29, 0.717) is 19.1 Å². The molecule has 2 rings (SSSR count). The molecule has 0 saturated carbocycles. The molecule has 0 bridgehead atoms. The van der Waals surface area contributed by atoms with Crippen molar-refractivity contribution in [2.45, 2.75) is 26.8 Å². The van der Waals surface area contributed by atoms with Crippen LogP contribution >= 0.6 is 0 Å². The first kappa shape index (κ1) is 15.0. The Bertz CT molecular complexity index is 589. The highest BCUT2D eigenvalue weighted by Gasteiger charge is 2.07. The molecule has 0 radical (unpaired) electrons. The van der Waals surface area contributed by atoms with Gasteiger partial charge in [-0.1, -0.05) is 31.2 Å². The smallest absolute Gasteiger partial charge is 0.323 e. The zero-order valence-corrected chi connectivity index (χ0v) is 12.3. The summed E-state index contributed by atoms with van der Waals surface area (Å²) in [6.45, 7) is 5.10. The summed E-state index contributed by atoms with van der Waals surface area (Å²) in [6, 6.07) is 8.49. The lowest BCUT2D eigenvalue weighted by molar-refractivity contribution is 0.312. The van der Waals surface area contributed by atoms with Gasteiger partial charge in [0.1, 0.15) is 0 Å². The topological polar surface area (TPSA) is 98.0 Å². The maximum atomic E-state index is 5.35. The molecule has 21 heavy (non-hydrogen) atoms. The second-order valence-corrected chi connectivity index (χ2v) is 4.32. The van der Waals surface area contributed by atoms with Gasteiger partial charge in [0.15, 0.2) is 0 Å². The van der Waals surface area contributed by atoms with E-state index in [1.54, 1.807) is 0 Å². The number of nitrogens with one attached hydrogen (secondary N) is 2. The van der Waals surface area contributed by atoms with Gasteiger partial charge in [-0.05, 0) is 24.5 Å². The van der Waals surface area contributed by atoms with E-state index in [1.165, 1.54) is 11.1 Å². The van der Waals surface area contributed by atoms with Gasteiger partial charge in [-0.15, -0.1) is 0 Å². The average molecular weight is 288 g/mol. The van der Waals surface area contributed by atoms with Gasteiger partial charge in [-0.2, -0.15) is 15.0 Å². The summed E-state index contributed by atoms with van der Waals surface area (Å²) < 4.78 is 5.29. The second-order valence-electron chi connectivity index (χ2n) is 4.32. The number of nitrogen functional groups attached to an aromatic ring is 1. The van der Waals surface area contributed by atoms with E-state index in [2.05, 4.69) is 44.8 Å². The molecule has 2 aromatic rings. The number of hydrazine groups is 1. The van der Waals surface area contributed by atoms with Crippen LogP contribution in [-0.4, -0.2) is 21.6 Å². The molecule has 7 heteroatoms. The van der Waals surface area contributed by atoms with Crippen molar-refractivity contribution in [2.24, 2.45) is 5.84 Å². The average Bonchev–Trinajstić information content (AvgIpc) is 2.53. The number of nitrogens with two attached hydrogens (primary N) is 1. The van der Waals surface area contributed by atoms with Crippen molar-refractivity contribution in [3.8, 4) is 6.01 Å². The molecule has 1 aromatic carbocycles. The summed E-state index contributed by atoms with van der Waals surface area (Å²) in [6.07, 6.45) is 0.981. The lowest BCUT2D eigenvalue weighted by Crippen LogP contribution is -2.14. The Labute approximate surface area is 123 Å². The molecule has 0 saturated heterocycles. The lowest BCUT2D eigenvalue weighted by Gasteiger charge is -2.10. The van der Waals surface area contributed by atoms with Gasteiger partial charge >= 0.3 is 6.01 Å². The molecule has 7 nitrogen and oxygen atoms in total. The maximum absolute atomic E-state index is 5.35. The van der Waals surface area contributed by atoms with Crippen molar-refractivity contribution < 1.29 is 4.74 Å². The fourth-order valence-corrected chi connectivity index (χ4v) is 1.94. The first-order chi connectivity index (χ1) is 10.3. The molecule has 0 aliphatic heterocycles. The van der Waals surface area contributed by atoms with Crippen molar-refractivity contribution in [1.82, 2.24) is 15.0 Å². The van der Waals surface area contributed by atoms with Crippen molar-refractivity contribution in [1.29, 1.82) is 0 Å². The zero-order chi connectivity index (χ0) is 15.1. The predicted molar refractivity (Wildman–Crippen MR) is 82.0 cm³/mol. The molecule has 1 heterocycles. The fourth-order valence-electron chi connectivity index (χ4n) is 1.94. The Balaban J connectivity index is 2.13. The number of rotatable bonds is 7. The number of hydrogen-bond acceptors (Lipinski definition) is 7. The third-order valence-corrected chi connectivity index (χ3v) is 2.95. The van der Waals surface area contributed by atoms with Crippen molar-refractivity contribution in [3.63, 3.8) is 0 Å². The Kier molecular flexibility index (Phi) is 5.28. The van der Waals surface area contributed by atoms with Crippen LogP contribution in [0, 0.1) is 0 Å². The molecule has 0 atom stereocenters. The quantitative estimate of drug-likeness (QED) is 0.527. The highest BCUT2D eigenvalue weighted by molar-refractivity contribution is 5.37. The van der Waals surface area contributed by atoms with Crippen LogP contribution < -0.4 is 21.3 Å². The Morgan fingerprint density at radius 3 is 2.43 bits per heavy atom. The number of benzene rings is 1. The first-order valence-corrected chi connectivity index (χ1v) is 6.93. The number of nitrogens with zero attached hydrogens (tertiary/aromatic N) is 3. The van der Waals surface area contributed by atoms with Gasteiger partial charge in [-0.3, -0.25) is 5.43 Å². The van der Waals surface area contributed by atoms with E-state index in [9.17, 15) is 0 Å². The minimum Gasteiger partial charge on any atom is -0.464 e. The van der Waals surface area contributed by atoms with Crippen LogP contribution in [0.25, 0.3) is 0 Å². The van der Waals surface area contributed by atoms with Gasteiger partial charge < -0.3 is 10.1 Å². The van der Waals surface area contributed by atoms with Crippen LogP contribution in [0.3, 0.4) is 0 Å². The highest BCUT2D eigenvalue weighted by Crippen LogP contribution is 2.14. The van der Waals surface area contributed by atoms with E-state index in [-0.39, 0.29) is 12.0 Å². The molecule has 0 aliphatic carbocycles. The molecule has 112 valence electrons. The minimum atomic E-state index is 0.242. The Hall–Kier alpha value is -2.41. The molecule has 0 aliphatic rings. The van der Waals surface area contributed by atoms with Gasteiger partial charge in [0.2, 0.25) is 11.9 Å². The Morgan fingerprint density at radius 1 is 1.05 bits per heavy atom. The Morgan fingerprint density at radius 2 is 1.76 bits per heavy atom. The predicted octanol–water partition coefficient (Wildman–Crippen LogP) is 1.73. The lowest BCUT2D eigenvalue weighted by atomic mass is 10.1. The summed E-state index contributed by atoms with van der Waals surface area (Å²) >= 11 is 0. The summed E-state index contributed by atoms with van der Waals surface area (Å²) in [4.78, 5) is 12.4. The normalized spacial score (nSPS) is 10.2. The third kappa shape index (κ3) is 4.03. The third-order valence-electron chi connectivity index (χ3n) is 2.95. The maximum Gasteiger partial charge on any atom is 0.323 e. The van der Waals surface area contributed by atoms with Gasteiger partial charge in [-0.25, -0.2) is 5.84 Å². The van der Waals surface area contributed by atoms with Crippen molar-refractivity contribution >= 4 is 11.9 Å². The van der Waals surface area contributed by atoms with Crippen LogP contribution in [0.2, 0.25) is 0 Å². The molecular weight excluding hydrogens is 268 g/mol. The summed E-state index contributed by atoms with van der Waals surface area (Å²) in [5, 5.41) is 3.17. The highest BCUT2D eigenvalue weighted by atomic mass is 16.5. The van der Waals surface area contributed by atoms with Gasteiger partial charge in [0.05, 0.1) is 6.61 Å². The standard InChI is InChI=1S/C14H20N6O/c1-3-10-7-5-6-8-11(10)9-16-12-17-13(20-15)19-14(18-12)21-4-2/h5-8H,3-4,9,15H2,1-2H3,(H2,16,17,18,19,20). The van der Waals surface area contributed by atoms with Crippen LogP contribution in [-0.2, 0) is 13.0 Å². The minimum absolute atomic E-state index is 0.242. The van der Waals surface area contributed by atoms with E-state index < -0.39 is 0 Å². The summed E-state index contributed by atoms with van der Waals surface area (Å²) in [7, 11) is 0. The summed E-state index contributed by atoms with van der Waals surface area (Å²) in [5.74, 6) is 6.04. The SMILES string of the molecule is CCOc1nc(NN)nc(NCc2ccccc2CC)n1.